The Balaban J connectivity index is 1.63. The summed E-state index contributed by atoms with van der Waals surface area (Å²) in [6, 6.07) is 7.31. The summed E-state index contributed by atoms with van der Waals surface area (Å²) in [5.74, 6) is -1.02. The van der Waals surface area contributed by atoms with Gasteiger partial charge in [0.25, 0.3) is 5.91 Å². The van der Waals surface area contributed by atoms with E-state index in [1.165, 1.54) is 0 Å². The van der Waals surface area contributed by atoms with Crippen LogP contribution in [-0.2, 0) is 20.7 Å². The van der Waals surface area contributed by atoms with Crippen molar-refractivity contribution >= 4 is 39.5 Å². The number of hydrogen-bond donors (Lipinski definition) is 2. The summed E-state index contributed by atoms with van der Waals surface area (Å²) in [5.41, 5.74) is -0.203. The summed E-state index contributed by atoms with van der Waals surface area (Å²) in [5, 5.41) is 5.74. The zero-order chi connectivity index (χ0) is 21.8. The van der Waals surface area contributed by atoms with Crippen molar-refractivity contribution in [2.24, 2.45) is 5.41 Å². The smallest absolute Gasteiger partial charge is 0.321 e. The number of fused-ring (bicyclic) bond motifs is 1. The van der Waals surface area contributed by atoms with Crippen LogP contribution in [-0.4, -0.2) is 35.0 Å². The lowest BCUT2D eigenvalue weighted by molar-refractivity contribution is -0.161. The van der Waals surface area contributed by atoms with E-state index in [1.807, 2.05) is 45.0 Å². The molecule has 1 saturated carbocycles. The maximum absolute atomic E-state index is 13.0. The minimum absolute atomic E-state index is 0.382. The third kappa shape index (κ3) is 5.78. The third-order valence-electron chi connectivity index (χ3n) is 5.15. The molecule has 1 aromatic heterocycles. The first-order chi connectivity index (χ1) is 14.2. The van der Waals surface area contributed by atoms with E-state index < -0.39 is 29.5 Å². The van der Waals surface area contributed by atoms with Crippen LogP contribution in [0.25, 0.3) is 10.2 Å². The maximum atomic E-state index is 13.0. The van der Waals surface area contributed by atoms with Gasteiger partial charge in [-0.05, 0) is 45.7 Å². The summed E-state index contributed by atoms with van der Waals surface area (Å²) in [6.45, 7) is 4.96. The Morgan fingerprint density at radius 1 is 1.13 bits per heavy atom. The van der Waals surface area contributed by atoms with Gasteiger partial charge in [-0.25, -0.2) is 9.78 Å². The van der Waals surface area contributed by atoms with Gasteiger partial charge in [-0.15, -0.1) is 11.3 Å². The normalized spacial score (nSPS) is 16.1. The number of amides is 3. The van der Waals surface area contributed by atoms with Gasteiger partial charge in [0.2, 0.25) is 0 Å². The van der Waals surface area contributed by atoms with E-state index in [0.717, 1.165) is 34.5 Å². The average molecular weight is 432 g/mol. The predicted molar refractivity (Wildman–Crippen MR) is 116 cm³/mol. The summed E-state index contributed by atoms with van der Waals surface area (Å²) < 4.78 is 6.46. The molecule has 0 saturated heterocycles. The molecule has 1 aromatic carbocycles. The van der Waals surface area contributed by atoms with Crippen molar-refractivity contribution in [3.8, 4) is 0 Å². The number of urea groups is 1. The fourth-order valence-corrected chi connectivity index (χ4v) is 4.90. The van der Waals surface area contributed by atoms with E-state index >= 15 is 0 Å². The van der Waals surface area contributed by atoms with E-state index in [1.54, 1.807) is 11.3 Å². The van der Waals surface area contributed by atoms with Crippen molar-refractivity contribution in [3.05, 3.63) is 29.3 Å². The Morgan fingerprint density at radius 3 is 2.50 bits per heavy atom. The lowest BCUT2D eigenvalue weighted by atomic mass is 9.72. The number of esters is 1. The van der Waals surface area contributed by atoms with E-state index in [4.69, 9.17) is 4.74 Å². The van der Waals surface area contributed by atoms with Gasteiger partial charge in [-0.3, -0.25) is 14.9 Å². The number of aromatic nitrogens is 1. The number of nitrogens with zero attached hydrogens (tertiary/aromatic N) is 1. The molecule has 1 heterocycles. The number of carbonyl (C=O) groups is 3. The van der Waals surface area contributed by atoms with Crippen molar-refractivity contribution in [2.75, 3.05) is 6.61 Å². The minimum Gasteiger partial charge on any atom is -0.455 e. The first-order valence-electron chi connectivity index (χ1n) is 10.3. The predicted octanol–water partition coefficient (Wildman–Crippen LogP) is 3.96. The van der Waals surface area contributed by atoms with E-state index in [2.05, 4.69) is 15.6 Å². The topological polar surface area (TPSA) is 97.4 Å². The molecule has 0 aliphatic heterocycles. The standard InChI is InChI=1S/C22H29N3O4S/c1-21(2,3)25-20(28)24-17(26)14-29-19(27)22(11-7-4-8-12-22)13-18-23-15-9-5-6-10-16(15)30-18/h5-6,9-10H,4,7-8,11-14H2,1-3H3,(H2,24,25,26,28). The Kier molecular flexibility index (Phi) is 6.75. The second-order valence-corrected chi connectivity index (χ2v) is 10.0. The Morgan fingerprint density at radius 2 is 1.83 bits per heavy atom. The molecule has 1 aliphatic rings. The average Bonchev–Trinajstić information content (AvgIpc) is 3.07. The van der Waals surface area contributed by atoms with Gasteiger partial charge in [0.05, 0.1) is 20.6 Å². The summed E-state index contributed by atoms with van der Waals surface area (Å²) in [4.78, 5) is 41.6. The van der Waals surface area contributed by atoms with Crippen LogP contribution >= 0.6 is 11.3 Å². The molecule has 1 fully saturated rings. The van der Waals surface area contributed by atoms with E-state index in [-0.39, 0.29) is 5.97 Å². The molecule has 30 heavy (non-hydrogen) atoms. The van der Waals surface area contributed by atoms with Gasteiger partial charge >= 0.3 is 12.0 Å². The highest BCUT2D eigenvalue weighted by molar-refractivity contribution is 7.18. The number of hydrogen-bond acceptors (Lipinski definition) is 6. The number of benzene rings is 1. The molecule has 2 N–H and O–H groups in total. The quantitative estimate of drug-likeness (QED) is 0.699. The highest BCUT2D eigenvalue weighted by atomic mass is 32.1. The van der Waals surface area contributed by atoms with Gasteiger partial charge in [0.1, 0.15) is 0 Å². The molecule has 8 heteroatoms. The van der Waals surface area contributed by atoms with Crippen LogP contribution in [0.2, 0.25) is 0 Å². The number of rotatable bonds is 5. The molecule has 1 aliphatic carbocycles. The first kappa shape index (κ1) is 22.2. The molecule has 0 radical (unpaired) electrons. The number of thiazole rings is 1. The van der Waals surface area contributed by atoms with E-state index in [0.29, 0.717) is 19.3 Å². The molecule has 0 unspecified atom stereocenters. The fourth-order valence-electron chi connectivity index (χ4n) is 3.79. The number of nitrogens with one attached hydrogen (secondary N) is 2. The molecule has 2 aromatic rings. The van der Waals surface area contributed by atoms with Crippen LogP contribution in [0.3, 0.4) is 0 Å². The van der Waals surface area contributed by atoms with Gasteiger partial charge in [-0.1, -0.05) is 31.4 Å². The number of imide groups is 1. The summed E-state index contributed by atoms with van der Waals surface area (Å²) >= 11 is 1.59. The van der Waals surface area contributed by atoms with Crippen molar-refractivity contribution in [2.45, 2.75) is 64.8 Å². The number of para-hydroxylation sites is 1. The molecule has 3 amide bonds. The summed E-state index contributed by atoms with van der Waals surface area (Å²) in [6.07, 6.45) is 4.92. The zero-order valence-electron chi connectivity index (χ0n) is 17.7. The summed E-state index contributed by atoms with van der Waals surface area (Å²) in [7, 11) is 0. The molecule has 0 spiro atoms. The zero-order valence-corrected chi connectivity index (χ0v) is 18.6. The Hall–Kier alpha value is -2.48. The van der Waals surface area contributed by atoms with Crippen LogP contribution in [0.1, 0.15) is 57.9 Å². The highest BCUT2D eigenvalue weighted by Gasteiger charge is 2.42. The minimum atomic E-state index is -0.667. The SMILES string of the molecule is CC(C)(C)NC(=O)NC(=O)COC(=O)C1(Cc2nc3ccccc3s2)CCCCC1. The number of carbonyl (C=O) groups excluding carboxylic acids is 3. The van der Waals surface area contributed by atoms with E-state index in [9.17, 15) is 14.4 Å². The van der Waals surface area contributed by atoms with Gasteiger partial charge in [-0.2, -0.15) is 0 Å². The van der Waals surface area contributed by atoms with Gasteiger partial charge in [0.15, 0.2) is 6.61 Å². The first-order valence-corrected chi connectivity index (χ1v) is 11.1. The van der Waals surface area contributed by atoms with Crippen LogP contribution in [0.15, 0.2) is 24.3 Å². The highest BCUT2D eigenvalue weighted by Crippen LogP contribution is 2.41. The van der Waals surface area contributed by atoms with Crippen LogP contribution in [0.4, 0.5) is 4.79 Å². The second-order valence-electron chi connectivity index (χ2n) is 8.92. The molecular formula is C22H29N3O4S. The fraction of sp³-hybridized carbons (Fsp3) is 0.545. The van der Waals surface area contributed by atoms with Crippen LogP contribution < -0.4 is 10.6 Å². The maximum Gasteiger partial charge on any atom is 0.321 e. The van der Waals surface area contributed by atoms with Crippen LogP contribution in [0.5, 0.6) is 0 Å². The molecule has 162 valence electrons. The second kappa shape index (κ2) is 9.12. The largest absolute Gasteiger partial charge is 0.455 e. The van der Waals surface area contributed by atoms with Crippen molar-refractivity contribution in [1.29, 1.82) is 0 Å². The molecule has 0 atom stereocenters. The van der Waals surface area contributed by atoms with Gasteiger partial charge < -0.3 is 10.1 Å². The monoisotopic (exact) mass is 431 g/mol. The van der Waals surface area contributed by atoms with Crippen LogP contribution in [0, 0.1) is 5.41 Å². The number of ether oxygens (including phenoxy) is 1. The Labute approximate surface area is 180 Å². The van der Waals surface area contributed by atoms with Gasteiger partial charge in [0, 0.05) is 12.0 Å². The Bertz CT molecular complexity index is 893. The third-order valence-corrected chi connectivity index (χ3v) is 6.18. The molecule has 7 nitrogen and oxygen atoms in total. The lowest BCUT2D eigenvalue weighted by Gasteiger charge is -2.34. The lowest BCUT2D eigenvalue weighted by Crippen LogP contribution is -2.49. The molecular weight excluding hydrogens is 402 g/mol. The molecule has 0 bridgehead atoms. The molecule has 3 rings (SSSR count). The van der Waals surface area contributed by atoms with Crippen molar-refractivity contribution < 1.29 is 19.1 Å². The van der Waals surface area contributed by atoms with Crippen molar-refractivity contribution in [1.82, 2.24) is 15.6 Å². The van der Waals surface area contributed by atoms with Crippen molar-refractivity contribution in [3.63, 3.8) is 0 Å².